The van der Waals surface area contributed by atoms with Crippen LogP contribution in [0.15, 0.2) is 59.4 Å². The number of esters is 2. The summed E-state index contributed by atoms with van der Waals surface area (Å²) in [7, 11) is 2.86. The Morgan fingerprint density at radius 2 is 1.75 bits per heavy atom. The van der Waals surface area contributed by atoms with Gasteiger partial charge in [0.05, 0.1) is 19.3 Å². The molecule has 0 aromatic rings. The van der Waals surface area contributed by atoms with Crippen molar-refractivity contribution in [3.63, 3.8) is 0 Å². The van der Waals surface area contributed by atoms with Gasteiger partial charge in [0.1, 0.15) is 18.3 Å². The van der Waals surface area contributed by atoms with Gasteiger partial charge in [-0.25, -0.2) is 4.79 Å². The Morgan fingerprint density at radius 3 is 2.31 bits per heavy atom. The molecule has 10 atom stereocenters. The van der Waals surface area contributed by atoms with E-state index in [1.807, 2.05) is 73.6 Å². The summed E-state index contributed by atoms with van der Waals surface area (Å²) in [6, 6.07) is 0. The Kier molecular flexibility index (Phi) is 19.0. The molecule has 0 aromatic carbocycles. The molecule has 10 unspecified atom stereocenters. The summed E-state index contributed by atoms with van der Waals surface area (Å²) in [6.07, 6.45) is 9.85. The molecule has 9 heteroatoms. The molecule has 1 rings (SSSR count). The summed E-state index contributed by atoms with van der Waals surface area (Å²) in [4.78, 5) is 39.0. The molecule has 0 spiro atoms. The second-order valence-corrected chi connectivity index (χ2v) is 13.8. The van der Waals surface area contributed by atoms with E-state index < -0.39 is 48.3 Å². The zero-order chi connectivity index (χ0) is 36.7. The number of methoxy groups -OCH3 is 2. The maximum absolute atomic E-state index is 13.5. The highest BCUT2D eigenvalue weighted by molar-refractivity contribution is 5.92. The molecule has 0 radical (unpaired) electrons. The average molecular weight is 675 g/mol. The molecule has 2 N–H and O–H groups in total. The third-order valence-corrected chi connectivity index (χ3v) is 9.07. The fourth-order valence-corrected chi connectivity index (χ4v) is 6.08. The molecule has 0 bridgehead atoms. The molecular formula is C39H62O9. The number of rotatable bonds is 13. The van der Waals surface area contributed by atoms with Crippen molar-refractivity contribution in [1.29, 1.82) is 0 Å². The van der Waals surface area contributed by atoms with Crippen molar-refractivity contribution < 1.29 is 43.5 Å². The first-order chi connectivity index (χ1) is 22.5. The number of cyclic esters (lactones) is 1. The molecule has 0 amide bonds. The van der Waals surface area contributed by atoms with E-state index >= 15 is 0 Å². The molecule has 0 fully saturated rings. The quantitative estimate of drug-likeness (QED) is 0.162. The third kappa shape index (κ3) is 13.5. The summed E-state index contributed by atoms with van der Waals surface area (Å²) in [5, 5.41) is 22.4. The van der Waals surface area contributed by atoms with Gasteiger partial charge in [0, 0.05) is 37.2 Å². The number of ether oxygens (including phenoxy) is 4. The Bertz CT molecular complexity index is 1190. The predicted molar refractivity (Wildman–Crippen MR) is 189 cm³/mol. The normalized spacial score (nSPS) is 26.4. The highest BCUT2D eigenvalue weighted by Crippen LogP contribution is 2.27. The molecule has 1 aliphatic rings. The SMILES string of the molecule is CCCC(=O)OC(C(C)C)C(C)C=CC(=O)C(C)C(O)C(C)C1OC(=O)C(OC)=CC(C)=CC(C)C(O)C(C)CC(C)=CC=CC1OC. The minimum absolute atomic E-state index is 0.0121. The van der Waals surface area contributed by atoms with Crippen LogP contribution >= 0.6 is 0 Å². The summed E-state index contributed by atoms with van der Waals surface area (Å²) in [6.45, 7) is 18.8. The highest BCUT2D eigenvalue weighted by Gasteiger charge is 2.38. The van der Waals surface area contributed by atoms with Crippen molar-refractivity contribution in [2.45, 2.75) is 119 Å². The second kappa shape index (κ2) is 21.2. The number of aliphatic hydroxyl groups is 2. The zero-order valence-corrected chi connectivity index (χ0v) is 31.3. The van der Waals surface area contributed by atoms with E-state index in [0.29, 0.717) is 19.3 Å². The van der Waals surface area contributed by atoms with Crippen LogP contribution in [0, 0.1) is 35.5 Å². The van der Waals surface area contributed by atoms with Gasteiger partial charge in [-0.1, -0.05) is 96.9 Å². The first-order valence-electron chi connectivity index (χ1n) is 17.3. The topological polar surface area (TPSA) is 129 Å². The van der Waals surface area contributed by atoms with Gasteiger partial charge < -0.3 is 29.2 Å². The van der Waals surface area contributed by atoms with E-state index in [1.165, 1.54) is 20.3 Å². The molecule has 1 aliphatic heterocycles. The van der Waals surface area contributed by atoms with Gasteiger partial charge in [-0.3, -0.25) is 9.59 Å². The van der Waals surface area contributed by atoms with Crippen LogP contribution in [0.1, 0.15) is 88.5 Å². The molecule has 1 heterocycles. The van der Waals surface area contributed by atoms with Crippen molar-refractivity contribution in [3.8, 4) is 0 Å². The van der Waals surface area contributed by atoms with Crippen molar-refractivity contribution >= 4 is 17.7 Å². The molecule has 0 aliphatic carbocycles. The Labute approximate surface area is 289 Å². The number of ketones is 1. The first kappa shape index (κ1) is 43.0. The number of carbonyl (C=O) groups excluding carboxylic acids is 3. The number of aliphatic hydroxyl groups excluding tert-OH is 2. The van der Waals surface area contributed by atoms with Gasteiger partial charge in [-0.15, -0.1) is 0 Å². The lowest BCUT2D eigenvalue weighted by Gasteiger charge is -2.33. The van der Waals surface area contributed by atoms with Crippen LogP contribution in [0.4, 0.5) is 0 Å². The summed E-state index contributed by atoms with van der Waals surface area (Å²) in [5.74, 6) is -3.33. The summed E-state index contributed by atoms with van der Waals surface area (Å²) < 4.78 is 22.8. The monoisotopic (exact) mass is 674 g/mol. The highest BCUT2D eigenvalue weighted by atomic mass is 16.6. The molecule has 0 saturated carbocycles. The van der Waals surface area contributed by atoms with Crippen LogP contribution in [-0.4, -0.2) is 72.7 Å². The lowest BCUT2D eigenvalue weighted by atomic mass is 9.84. The second-order valence-electron chi connectivity index (χ2n) is 13.8. The molecule has 48 heavy (non-hydrogen) atoms. The minimum atomic E-state index is -1.20. The zero-order valence-electron chi connectivity index (χ0n) is 31.3. The van der Waals surface area contributed by atoms with Gasteiger partial charge in [-0.2, -0.15) is 0 Å². The number of allylic oxidation sites excluding steroid dienone is 6. The van der Waals surface area contributed by atoms with E-state index in [-0.39, 0.29) is 41.2 Å². The largest absolute Gasteiger partial charge is 0.490 e. The fraction of sp³-hybridized carbons (Fsp3) is 0.667. The van der Waals surface area contributed by atoms with Gasteiger partial charge in [0.2, 0.25) is 5.76 Å². The smallest absolute Gasteiger partial charge is 0.373 e. The molecule has 0 aromatic heterocycles. The van der Waals surface area contributed by atoms with E-state index in [4.69, 9.17) is 18.9 Å². The molecule has 9 nitrogen and oxygen atoms in total. The van der Waals surface area contributed by atoms with Crippen LogP contribution in [0.3, 0.4) is 0 Å². The summed E-state index contributed by atoms with van der Waals surface area (Å²) in [5.41, 5.74) is 1.77. The van der Waals surface area contributed by atoms with Crippen molar-refractivity contribution in [2.24, 2.45) is 35.5 Å². The lowest BCUT2D eigenvalue weighted by Crippen LogP contribution is -2.45. The van der Waals surface area contributed by atoms with E-state index in [0.717, 1.165) is 11.1 Å². The Hall–Kier alpha value is -3.01. The van der Waals surface area contributed by atoms with Gasteiger partial charge in [0.15, 0.2) is 5.78 Å². The van der Waals surface area contributed by atoms with E-state index in [1.54, 1.807) is 32.1 Å². The van der Waals surface area contributed by atoms with Crippen molar-refractivity contribution in [1.82, 2.24) is 0 Å². The lowest BCUT2D eigenvalue weighted by molar-refractivity contribution is -0.162. The van der Waals surface area contributed by atoms with Crippen LogP contribution < -0.4 is 0 Å². The fourth-order valence-electron chi connectivity index (χ4n) is 6.08. The summed E-state index contributed by atoms with van der Waals surface area (Å²) >= 11 is 0. The third-order valence-electron chi connectivity index (χ3n) is 9.07. The van der Waals surface area contributed by atoms with Crippen LogP contribution in [0.2, 0.25) is 0 Å². The minimum Gasteiger partial charge on any atom is -0.490 e. The Morgan fingerprint density at radius 1 is 1.10 bits per heavy atom. The van der Waals surface area contributed by atoms with Gasteiger partial charge >= 0.3 is 11.9 Å². The average Bonchev–Trinajstić information content (AvgIpc) is 3.03. The molecule has 0 saturated heterocycles. The van der Waals surface area contributed by atoms with Crippen LogP contribution in [0.5, 0.6) is 0 Å². The van der Waals surface area contributed by atoms with Crippen LogP contribution in [-0.2, 0) is 33.3 Å². The van der Waals surface area contributed by atoms with Gasteiger partial charge in [0.25, 0.3) is 0 Å². The molecular weight excluding hydrogens is 612 g/mol. The first-order valence-corrected chi connectivity index (χ1v) is 17.3. The van der Waals surface area contributed by atoms with E-state index in [9.17, 15) is 24.6 Å². The maximum atomic E-state index is 13.5. The number of carbonyl (C=O) groups is 3. The predicted octanol–water partition coefficient (Wildman–Crippen LogP) is 6.69. The van der Waals surface area contributed by atoms with E-state index in [2.05, 4.69) is 0 Å². The maximum Gasteiger partial charge on any atom is 0.373 e. The number of hydrogen-bond donors (Lipinski definition) is 2. The van der Waals surface area contributed by atoms with Crippen molar-refractivity contribution in [2.75, 3.05) is 14.2 Å². The van der Waals surface area contributed by atoms with Crippen molar-refractivity contribution in [3.05, 3.63) is 59.4 Å². The Balaban J connectivity index is 3.41. The van der Waals surface area contributed by atoms with Gasteiger partial charge in [-0.05, 0) is 50.7 Å². The number of hydrogen-bond acceptors (Lipinski definition) is 9. The molecule has 272 valence electrons. The standard InChI is InChI=1S/C39H62O9/c1-13-15-34(41)47-37(23(2)3)26(6)18-19-31(40)29(9)36(43)30(10)38-32(45-11)17-14-16-24(4)20-27(7)35(42)28(8)21-25(5)22-33(46-12)39(44)48-38/h14,16-19,21-23,26-30,32,35-38,42-43H,13,15,20H2,1-12H3. The van der Waals surface area contributed by atoms with Crippen LogP contribution in [0.25, 0.3) is 0 Å².